The van der Waals surface area contributed by atoms with E-state index in [4.69, 9.17) is 4.74 Å². The monoisotopic (exact) mass is 495 g/mol. The fraction of sp³-hybridized carbons (Fsp3) is 0.250. The molecule has 0 bridgehead atoms. The van der Waals surface area contributed by atoms with E-state index in [1.807, 2.05) is 25.1 Å². The number of aryl methyl sites for hydroxylation is 1. The Morgan fingerprint density at radius 3 is 2.57 bits per heavy atom. The normalized spacial score (nSPS) is 15.8. The summed E-state index contributed by atoms with van der Waals surface area (Å²) in [7, 11) is 0. The number of ether oxygens (including phenoxy) is 1. The number of halogens is 2. The smallest absolute Gasteiger partial charge is 0.243 e. The van der Waals surface area contributed by atoms with Crippen molar-refractivity contribution in [2.24, 2.45) is 5.10 Å². The minimum absolute atomic E-state index is 0.0149. The van der Waals surface area contributed by atoms with Crippen LogP contribution in [0.4, 0.5) is 10.1 Å². The molecule has 1 heterocycles. The molecule has 0 fully saturated rings. The van der Waals surface area contributed by atoms with E-state index in [2.05, 4.69) is 27.7 Å². The third-order valence-electron chi connectivity index (χ3n) is 4.31. The van der Waals surface area contributed by atoms with Crippen LogP contribution in [0.1, 0.15) is 25.0 Å². The SMILES string of the molecule is CC(=O)N(CC1OC(c2ccccc2F)=NN1C(C)=O)c1ccc(I)cc1C. The molecular formula is C20H19FIN3O3. The van der Waals surface area contributed by atoms with Gasteiger partial charge in [0.05, 0.1) is 12.1 Å². The largest absolute Gasteiger partial charge is 0.448 e. The molecule has 0 spiro atoms. The zero-order chi connectivity index (χ0) is 20.4. The standard InChI is InChI=1S/C20H19FIN3O3/c1-12-10-15(22)8-9-18(12)24(13(2)26)11-19-25(14(3)27)23-20(28-19)16-6-4-5-7-17(16)21/h4-10,19H,11H2,1-3H3. The van der Waals surface area contributed by atoms with Gasteiger partial charge in [-0.3, -0.25) is 9.59 Å². The third-order valence-corrected chi connectivity index (χ3v) is 4.99. The lowest BCUT2D eigenvalue weighted by atomic mass is 10.1. The Balaban J connectivity index is 1.90. The summed E-state index contributed by atoms with van der Waals surface area (Å²) in [5.74, 6) is -1.04. The molecule has 146 valence electrons. The molecule has 0 saturated heterocycles. The second-order valence-corrected chi connectivity index (χ2v) is 7.63. The van der Waals surface area contributed by atoms with Crippen molar-refractivity contribution in [3.63, 3.8) is 0 Å². The fourth-order valence-corrected chi connectivity index (χ4v) is 3.63. The summed E-state index contributed by atoms with van der Waals surface area (Å²) in [4.78, 5) is 25.9. The van der Waals surface area contributed by atoms with Crippen molar-refractivity contribution >= 4 is 46.0 Å². The summed E-state index contributed by atoms with van der Waals surface area (Å²) < 4.78 is 21.0. The number of anilines is 1. The number of carbonyl (C=O) groups excluding carboxylic acids is 2. The zero-order valence-electron chi connectivity index (χ0n) is 15.6. The number of carbonyl (C=O) groups is 2. The maximum Gasteiger partial charge on any atom is 0.243 e. The van der Waals surface area contributed by atoms with Gasteiger partial charge >= 0.3 is 0 Å². The lowest BCUT2D eigenvalue weighted by Gasteiger charge is -2.28. The van der Waals surface area contributed by atoms with E-state index in [9.17, 15) is 14.0 Å². The molecule has 2 amide bonds. The Hall–Kier alpha value is -2.49. The molecule has 0 radical (unpaired) electrons. The van der Waals surface area contributed by atoms with E-state index in [0.717, 1.165) is 19.8 Å². The van der Waals surface area contributed by atoms with Gasteiger partial charge < -0.3 is 9.64 Å². The quantitative estimate of drug-likeness (QED) is 0.609. The maximum atomic E-state index is 14.1. The molecule has 0 aliphatic carbocycles. The summed E-state index contributed by atoms with van der Waals surface area (Å²) in [5.41, 5.74) is 1.81. The number of hydrogen-bond acceptors (Lipinski definition) is 4. The first-order valence-corrected chi connectivity index (χ1v) is 9.70. The number of nitrogens with zero attached hydrogens (tertiary/aromatic N) is 3. The fourth-order valence-electron chi connectivity index (χ4n) is 2.98. The molecule has 2 aromatic carbocycles. The van der Waals surface area contributed by atoms with Crippen LogP contribution in [0.2, 0.25) is 0 Å². The van der Waals surface area contributed by atoms with E-state index in [1.165, 1.54) is 30.9 Å². The van der Waals surface area contributed by atoms with Gasteiger partial charge in [0, 0.05) is 23.1 Å². The topological polar surface area (TPSA) is 62.2 Å². The second-order valence-electron chi connectivity index (χ2n) is 6.38. The average Bonchev–Trinajstić information content (AvgIpc) is 3.04. The highest BCUT2D eigenvalue weighted by Crippen LogP contribution is 2.26. The summed E-state index contributed by atoms with van der Waals surface area (Å²) >= 11 is 2.20. The third kappa shape index (κ3) is 4.16. The van der Waals surface area contributed by atoms with Crippen molar-refractivity contribution in [3.8, 4) is 0 Å². The van der Waals surface area contributed by atoms with Crippen molar-refractivity contribution < 1.29 is 18.7 Å². The first-order valence-electron chi connectivity index (χ1n) is 8.62. The predicted molar refractivity (Wildman–Crippen MR) is 112 cm³/mol. The van der Waals surface area contributed by atoms with Gasteiger partial charge in [0.1, 0.15) is 5.82 Å². The molecule has 1 aliphatic heterocycles. The summed E-state index contributed by atoms with van der Waals surface area (Å²) in [6, 6.07) is 11.8. The molecule has 0 saturated carbocycles. The second kappa shape index (κ2) is 8.26. The van der Waals surface area contributed by atoms with E-state index >= 15 is 0 Å². The summed E-state index contributed by atoms with van der Waals surface area (Å²) in [6.07, 6.45) is -0.852. The first kappa shape index (κ1) is 20.2. The number of hydrazone groups is 1. The van der Waals surface area contributed by atoms with Gasteiger partial charge in [-0.2, -0.15) is 5.01 Å². The van der Waals surface area contributed by atoms with Gasteiger partial charge in [-0.15, -0.1) is 5.10 Å². The Labute approximate surface area is 176 Å². The molecule has 28 heavy (non-hydrogen) atoms. The molecule has 0 aromatic heterocycles. The van der Waals surface area contributed by atoms with Crippen molar-refractivity contribution in [2.75, 3.05) is 11.4 Å². The highest BCUT2D eigenvalue weighted by Gasteiger charge is 2.35. The van der Waals surface area contributed by atoms with Gasteiger partial charge in [-0.1, -0.05) is 12.1 Å². The van der Waals surface area contributed by atoms with E-state index in [-0.39, 0.29) is 29.8 Å². The average molecular weight is 495 g/mol. The Morgan fingerprint density at radius 1 is 1.25 bits per heavy atom. The Morgan fingerprint density at radius 2 is 1.96 bits per heavy atom. The van der Waals surface area contributed by atoms with Gasteiger partial charge in [0.15, 0.2) is 0 Å². The van der Waals surface area contributed by atoms with Crippen molar-refractivity contribution in [1.82, 2.24) is 5.01 Å². The lowest BCUT2D eigenvalue weighted by Crippen LogP contribution is -2.44. The van der Waals surface area contributed by atoms with Crippen LogP contribution in [0.15, 0.2) is 47.6 Å². The Bertz CT molecular complexity index is 963. The van der Waals surface area contributed by atoms with Gasteiger partial charge in [-0.25, -0.2) is 4.39 Å². The van der Waals surface area contributed by atoms with Crippen LogP contribution < -0.4 is 4.90 Å². The lowest BCUT2D eigenvalue weighted by molar-refractivity contribution is -0.135. The van der Waals surface area contributed by atoms with Crippen molar-refractivity contribution in [1.29, 1.82) is 0 Å². The van der Waals surface area contributed by atoms with Gasteiger partial charge in [-0.05, 0) is 65.4 Å². The van der Waals surface area contributed by atoms with E-state index < -0.39 is 12.0 Å². The minimum Gasteiger partial charge on any atom is -0.448 e. The highest BCUT2D eigenvalue weighted by atomic mass is 127. The van der Waals surface area contributed by atoms with Crippen molar-refractivity contribution in [3.05, 3.63) is 63.0 Å². The first-order chi connectivity index (χ1) is 13.3. The Kier molecular flexibility index (Phi) is 5.97. The van der Waals surface area contributed by atoms with Crippen LogP contribution in [0, 0.1) is 16.3 Å². The van der Waals surface area contributed by atoms with Crippen molar-refractivity contribution in [2.45, 2.75) is 27.0 Å². The molecule has 1 aliphatic rings. The summed E-state index contributed by atoms with van der Waals surface area (Å²) in [6.45, 7) is 4.77. The van der Waals surface area contributed by atoms with Gasteiger partial charge in [0.2, 0.25) is 23.9 Å². The van der Waals surface area contributed by atoms with Crippen LogP contribution in [0.3, 0.4) is 0 Å². The van der Waals surface area contributed by atoms with Gasteiger partial charge in [0.25, 0.3) is 0 Å². The minimum atomic E-state index is -0.852. The van der Waals surface area contributed by atoms with E-state index in [1.54, 1.807) is 12.1 Å². The number of hydrogen-bond donors (Lipinski definition) is 0. The number of benzene rings is 2. The molecule has 1 atom stereocenters. The van der Waals surface area contributed by atoms with Crippen LogP contribution in [0.5, 0.6) is 0 Å². The predicted octanol–water partition coefficient (Wildman–Crippen LogP) is 3.66. The molecular weight excluding hydrogens is 476 g/mol. The molecule has 1 unspecified atom stereocenters. The highest BCUT2D eigenvalue weighted by molar-refractivity contribution is 14.1. The summed E-state index contributed by atoms with van der Waals surface area (Å²) in [5, 5.41) is 5.28. The number of rotatable bonds is 4. The van der Waals surface area contributed by atoms with Crippen LogP contribution in [-0.2, 0) is 14.3 Å². The molecule has 6 nitrogen and oxygen atoms in total. The molecule has 3 rings (SSSR count). The van der Waals surface area contributed by atoms with Crippen LogP contribution in [0.25, 0.3) is 0 Å². The van der Waals surface area contributed by atoms with Crippen LogP contribution >= 0.6 is 22.6 Å². The van der Waals surface area contributed by atoms with E-state index in [0.29, 0.717) is 0 Å². The maximum absolute atomic E-state index is 14.1. The zero-order valence-corrected chi connectivity index (χ0v) is 17.8. The molecule has 8 heteroatoms. The van der Waals surface area contributed by atoms with Crippen LogP contribution in [-0.4, -0.2) is 35.5 Å². The molecule has 0 N–H and O–H groups in total. The molecule has 2 aromatic rings. The number of amides is 2.